The number of hydrogen-bond donors (Lipinski definition) is 4. The summed E-state index contributed by atoms with van der Waals surface area (Å²) in [5.74, 6) is -3.45. The van der Waals surface area contributed by atoms with Crippen LogP contribution in [0.25, 0.3) is 0 Å². The van der Waals surface area contributed by atoms with E-state index in [1.54, 1.807) is 13.8 Å². The van der Waals surface area contributed by atoms with Crippen LogP contribution in [-0.2, 0) is 33.4 Å². The summed E-state index contributed by atoms with van der Waals surface area (Å²) in [6.07, 6.45) is 0.641. The fourth-order valence-corrected chi connectivity index (χ4v) is 2.66. The van der Waals surface area contributed by atoms with Crippen LogP contribution in [0.5, 0.6) is 0 Å². The first-order valence-corrected chi connectivity index (χ1v) is 10.2. The highest BCUT2D eigenvalue weighted by Crippen LogP contribution is 2.24. The average Bonchev–Trinajstić information content (AvgIpc) is 2.65. The van der Waals surface area contributed by atoms with Gasteiger partial charge in [0, 0.05) is 5.41 Å². The summed E-state index contributed by atoms with van der Waals surface area (Å²) in [6.45, 7) is 4.68. The van der Waals surface area contributed by atoms with Crippen molar-refractivity contribution in [1.29, 1.82) is 0 Å². The second-order valence-electron chi connectivity index (χ2n) is 7.96. The smallest absolute Gasteiger partial charge is 0.305 e. The Balaban J connectivity index is 5.43. The summed E-state index contributed by atoms with van der Waals surface area (Å²) in [6, 6.07) is 0. The van der Waals surface area contributed by atoms with Gasteiger partial charge in [-0.1, -0.05) is 27.2 Å². The van der Waals surface area contributed by atoms with E-state index >= 15 is 0 Å². The van der Waals surface area contributed by atoms with E-state index in [0.29, 0.717) is 6.42 Å². The van der Waals surface area contributed by atoms with Crippen molar-refractivity contribution in [1.82, 2.24) is 5.32 Å². The zero-order valence-corrected chi connectivity index (χ0v) is 18.5. The predicted octanol–water partition coefficient (Wildman–Crippen LogP) is 1.14. The molecule has 0 spiro atoms. The second kappa shape index (κ2) is 14.7. The van der Waals surface area contributed by atoms with E-state index in [1.807, 2.05) is 6.92 Å². The van der Waals surface area contributed by atoms with Crippen LogP contribution in [0.15, 0.2) is 0 Å². The molecular weight excluding hydrogens is 414 g/mol. The standard InChI is InChI=1S/C20H35NO10/c1-4-8-19(2,3)18(28)21-20(12-29-9-5-15(22)23,13-30-10-6-16(24)25)14-31-11-7-17(26)27/h4-14H2,1-3H3,(H,21,28)(H,22,23)(H,24,25)(H,26,27). The molecule has 0 aliphatic heterocycles. The van der Waals surface area contributed by atoms with Gasteiger partial charge in [0.2, 0.25) is 5.91 Å². The molecular formula is C20H35NO10. The third-order valence-electron chi connectivity index (χ3n) is 4.38. The largest absolute Gasteiger partial charge is 0.481 e. The van der Waals surface area contributed by atoms with Crippen molar-refractivity contribution in [2.24, 2.45) is 5.41 Å². The Hall–Kier alpha value is -2.24. The molecule has 4 N–H and O–H groups in total. The lowest BCUT2D eigenvalue weighted by molar-refractivity contribution is -0.142. The molecule has 11 nitrogen and oxygen atoms in total. The number of ether oxygens (including phenoxy) is 3. The second-order valence-corrected chi connectivity index (χ2v) is 7.96. The van der Waals surface area contributed by atoms with Crippen LogP contribution in [-0.4, -0.2) is 84.3 Å². The highest BCUT2D eigenvalue weighted by molar-refractivity contribution is 5.82. The molecule has 0 bridgehead atoms. The monoisotopic (exact) mass is 449 g/mol. The number of rotatable bonds is 19. The molecule has 0 aliphatic rings. The average molecular weight is 449 g/mol. The van der Waals surface area contributed by atoms with E-state index in [-0.39, 0.29) is 64.8 Å². The highest BCUT2D eigenvalue weighted by Gasteiger charge is 2.38. The number of carbonyl (C=O) groups excluding carboxylic acids is 1. The van der Waals surface area contributed by atoms with Gasteiger partial charge in [-0.25, -0.2) is 0 Å². The lowest BCUT2D eigenvalue weighted by Crippen LogP contribution is -2.61. The van der Waals surface area contributed by atoms with Crippen LogP contribution in [0.4, 0.5) is 0 Å². The number of hydrogen-bond acceptors (Lipinski definition) is 7. The Labute approximate surface area is 182 Å². The van der Waals surface area contributed by atoms with E-state index in [2.05, 4.69) is 5.32 Å². The van der Waals surface area contributed by atoms with Gasteiger partial charge in [-0.2, -0.15) is 0 Å². The van der Waals surface area contributed by atoms with E-state index in [0.717, 1.165) is 6.42 Å². The van der Waals surface area contributed by atoms with Crippen molar-refractivity contribution < 1.29 is 48.7 Å². The molecule has 0 saturated carbocycles. The van der Waals surface area contributed by atoms with Crippen LogP contribution >= 0.6 is 0 Å². The van der Waals surface area contributed by atoms with Gasteiger partial charge in [-0.05, 0) is 6.42 Å². The van der Waals surface area contributed by atoms with Crippen LogP contribution in [0.2, 0.25) is 0 Å². The maximum atomic E-state index is 12.9. The molecule has 0 atom stereocenters. The minimum Gasteiger partial charge on any atom is -0.481 e. The lowest BCUT2D eigenvalue weighted by Gasteiger charge is -2.37. The lowest BCUT2D eigenvalue weighted by atomic mass is 9.86. The molecule has 11 heteroatoms. The van der Waals surface area contributed by atoms with E-state index in [1.165, 1.54) is 0 Å². The number of amides is 1. The molecule has 0 unspecified atom stereocenters. The first kappa shape index (κ1) is 28.8. The third-order valence-corrected chi connectivity index (χ3v) is 4.38. The Morgan fingerprint density at radius 1 is 0.742 bits per heavy atom. The molecule has 180 valence electrons. The fraction of sp³-hybridized carbons (Fsp3) is 0.800. The molecule has 0 rings (SSSR count). The molecule has 0 aromatic carbocycles. The van der Waals surface area contributed by atoms with Gasteiger partial charge < -0.3 is 34.8 Å². The zero-order chi connectivity index (χ0) is 23.9. The van der Waals surface area contributed by atoms with Crippen molar-refractivity contribution in [2.45, 2.75) is 58.4 Å². The molecule has 0 radical (unpaired) electrons. The quantitative estimate of drug-likeness (QED) is 0.210. The van der Waals surface area contributed by atoms with Crippen LogP contribution in [0.1, 0.15) is 52.9 Å². The Kier molecular flexibility index (Phi) is 13.6. The van der Waals surface area contributed by atoms with E-state index in [4.69, 9.17) is 29.5 Å². The maximum absolute atomic E-state index is 12.9. The summed E-state index contributed by atoms with van der Waals surface area (Å²) in [5, 5.41) is 29.2. The summed E-state index contributed by atoms with van der Waals surface area (Å²) in [4.78, 5) is 45.2. The Bertz CT molecular complexity index is 535. The minimum atomic E-state index is -1.25. The van der Waals surface area contributed by atoms with Gasteiger partial charge in [-0.15, -0.1) is 0 Å². The molecule has 0 heterocycles. The van der Waals surface area contributed by atoms with Crippen molar-refractivity contribution in [3.05, 3.63) is 0 Å². The number of carboxylic acids is 3. The zero-order valence-electron chi connectivity index (χ0n) is 18.5. The topological polar surface area (TPSA) is 169 Å². The van der Waals surface area contributed by atoms with Crippen molar-refractivity contribution in [2.75, 3.05) is 39.6 Å². The number of carboxylic acid groups (broad SMARTS) is 3. The van der Waals surface area contributed by atoms with Gasteiger partial charge >= 0.3 is 17.9 Å². The van der Waals surface area contributed by atoms with Crippen molar-refractivity contribution >= 4 is 23.8 Å². The predicted molar refractivity (Wildman–Crippen MR) is 109 cm³/mol. The van der Waals surface area contributed by atoms with Gasteiger partial charge in [-0.3, -0.25) is 19.2 Å². The highest BCUT2D eigenvalue weighted by atomic mass is 16.5. The minimum absolute atomic E-state index is 0.116. The summed E-state index contributed by atoms with van der Waals surface area (Å²) >= 11 is 0. The summed E-state index contributed by atoms with van der Waals surface area (Å²) in [5.41, 5.74) is -1.97. The first-order chi connectivity index (χ1) is 14.4. The van der Waals surface area contributed by atoms with E-state index in [9.17, 15) is 19.2 Å². The van der Waals surface area contributed by atoms with Crippen molar-refractivity contribution in [3.63, 3.8) is 0 Å². The first-order valence-electron chi connectivity index (χ1n) is 10.2. The molecule has 0 fully saturated rings. The SMILES string of the molecule is CCCC(C)(C)C(=O)NC(COCCC(=O)O)(COCCC(=O)O)COCCC(=O)O. The fourth-order valence-electron chi connectivity index (χ4n) is 2.66. The number of carbonyl (C=O) groups is 4. The number of aliphatic carboxylic acids is 3. The van der Waals surface area contributed by atoms with Crippen molar-refractivity contribution in [3.8, 4) is 0 Å². The normalized spacial score (nSPS) is 11.8. The van der Waals surface area contributed by atoms with Crippen LogP contribution < -0.4 is 5.32 Å². The Morgan fingerprint density at radius 2 is 1.10 bits per heavy atom. The molecule has 0 aliphatic carbocycles. The molecule has 1 amide bonds. The van der Waals surface area contributed by atoms with Crippen LogP contribution in [0.3, 0.4) is 0 Å². The molecule has 0 aromatic rings. The summed E-state index contributed by atoms with van der Waals surface area (Å²) in [7, 11) is 0. The number of nitrogens with one attached hydrogen (secondary N) is 1. The molecule has 0 aromatic heterocycles. The van der Waals surface area contributed by atoms with Crippen LogP contribution in [0, 0.1) is 5.41 Å². The molecule has 0 saturated heterocycles. The van der Waals surface area contributed by atoms with Gasteiger partial charge in [0.05, 0.1) is 58.9 Å². The van der Waals surface area contributed by atoms with Gasteiger partial charge in [0.1, 0.15) is 5.54 Å². The maximum Gasteiger partial charge on any atom is 0.305 e. The van der Waals surface area contributed by atoms with Gasteiger partial charge in [0.25, 0.3) is 0 Å². The third kappa shape index (κ3) is 13.6. The molecule has 31 heavy (non-hydrogen) atoms. The summed E-state index contributed by atoms with van der Waals surface area (Å²) < 4.78 is 16.4. The van der Waals surface area contributed by atoms with E-state index < -0.39 is 28.9 Å². The Morgan fingerprint density at radius 3 is 1.39 bits per heavy atom. The van der Waals surface area contributed by atoms with Gasteiger partial charge in [0.15, 0.2) is 0 Å².